The van der Waals surface area contributed by atoms with E-state index in [1.807, 2.05) is 115 Å². The van der Waals surface area contributed by atoms with Gasteiger partial charge in [-0.25, -0.2) is 4.98 Å². The van der Waals surface area contributed by atoms with E-state index in [4.69, 9.17) is 4.99 Å². The number of nitrogens with zero attached hydrogens (tertiary/aromatic N) is 6. The number of H-pyrrole nitrogens is 1. The summed E-state index contributed by atoms with van der Waals surface area (Å²) in [5.41, 5.74) is 4.82. The number of carbonyl (C=O) groups excluding carboxylic acids is 2. The first-order valence-corrected chi connectivity index (χ1v) is 20.8. The molecule has 2 aliphatic rings. The minimum Gasteiger partial charge on any atom is -0.340 e. The third-order valence-corrected chi connectivity index (χ3v) is 11.9. The molecule has 0 radical (unpaired) electrons. The highest BCUT2D eigenvalue weighted by Crippen LogP contribution is 2.40. The number of nitrogens with one attached hydrogen (secondary N) is 1. The van der Waals surface area contributed by atoms with Gasteiger partial charge in [-0.3, -0.25) is 24.4 Å². The molecule has 9 nitrogen and oxygen atoms in total. The van der Waals surface area contributed by atoms with Gasteiger partial charge in [-0.05, 0) is 113 Å². The average molecular weight is 830 g/mol. The van der Waals surface area contributed by atoms with Gasteiger partial charge in [0.15, 0.2) is 0 Å². The first kappa shape index (κ1) is 43.2. The molecule has 7 rings (SSSR count). The molecule has 2 fully saturated rings. The van der Waals surface area contributed by atoms with Gasteiger partial charge in [0, 0.05) is 25.0 Å². The van der Waals surface area contributed by atoms with Crippen LogP contribution in [-0.4, -0.2) is 94.4 Å². The van der Waals surface area contributed by atoms with Crippen LogP contribution < -0.4 is 0 Å². The van der Waals surface area contributed by atoms with Gasteiger partial charge in [-0.15, -0.1) is 0 Å². The van der Waals surface area contributed by atoms with Gasteiger partial charge in [-0.2, -0.15) is 13.2 Å². The van der Waals surface area contributed by atoms with Gasteiger partial charge in [-0.1, -0.05) is 97.1 Å². The lowest BCUT2D eigenvalue weighted by atomic mass is 9.94. The molecule has 0 aliphatic carbocycles. The number of allylic oxidation sites excluding steroid dienone is 1. The highest BCUT2D eigenvalue weighted by atomic mass is 19.4. The van der Waals surface area contributed by atoms with E-state index in [1.165, 1.54) is 12.1 Å². The van der Waals surface area contributed by atoms with E-state index < -0.39 is 23.8 Å². The fourth-order valence-electron chi connectivity index (χ4n) is 8.80. The van der Waals surface area contributed by atoms with Gasteiger partial charge < -0.3 is 14.8 Å². The average Bonchev–Trinajstić information content (AvgIpc) is 4.05. The van der Waals surface area contributed by atoms with E-state index in [1.54, 1.807) is 49.7 Å². The van der Waals surface area contributed by atoms with Crippen molar-refractivity contribution in [2.75, 3.05) is 41.3 Å². The molecular weight excluding hydrogens is 776 g/mol. The molecule has 0 unspecified atom stereocenters. The highest BCUT2D eigenvalue weighted by molar-refractivity contribution is 5.94. The van der Waals surface area contributed by atoms with Crippen molar-refractivity contribution in [3.05, 3.63) is 144 Å². The van der Waals surface area contributed by atoms with Crippen molar-refractivity contribution >= 4 is 23.1 Å². The van der Waals surface area contributed by atoms with Crippen molar-refractivity contribution in [1.82, 2.24) is 29.6 Å². The Labute approximate surface area is 356 Å². The van der Waals surface area contributed by atoms with E-state index >= 15 is 0 Å². The van der Waals surface area contributed by atoms with E-state index in [0.717, 1.165) is 53.8 Å². The molecule has 2 saturated heterocycles. The Morgan fingerprint density at radius 1 is 0.770 bits per heavy atom. The van der Waals surface area contributed by atoms with E-state index in [9.17, 15) is 22.8 Å². The van der Waals surface area contributed by atoms with Crippen molar-refractivity contribution in [3.8, 4) is 22.4 Å². The Kier molecular flexibility index (Phi) is 13.1. The summed E-state index contributed by atoms with van der Waals surface area (Å²) in [4.78, 5) is 48.2. The second-order valence-electron chi connectivity index (χ2n) is 16.5. The highest BCUT2D eigenvalue weighted by Gasteiger charge is 2.38. The molecule has 2 aliphatic heterocycles. The van der Waals surface area contributed by atoms with Gasteiger partial charge in [0.25, 0.3) is 0 Å². The van der Waals surface area contributed by atoms with Crippen LogP contribution in [0.1, 0.15) is 85.7 Å². The smallest absolute Gasteiger partial charge is 0.340 e. The molecule has 12 heteroatoms. The number of hydrogen-bond acceptors (Lipinski definition) is 6. The standard InChI is InChI=1S/C49H54F3N7O2/c1-32(30-53-33(2)42-19-13-27-58(42)47(60)44(56(3)4)36-15-9-7-10-16-36)38-25-26-39(40(29-38)49(50,51)52)34-21-23-35(24-22-34)41-31-54-46(55-41)43-20-14-28-59(43)48(61)45(57(5)6)37-17-11-8-12-18-37/h7-12,15-18,21-26,29-31,42-45H,13-14,19-20,27-28H2,1-6H3,(H,54,55)/b32-30+,53-33?/t42-,43-,44+,45+/m0/s1. The summed E-state index contributed by atoms with van der Waals surface area (Å²) in [6, 6.07) is 29.5. The Balaban J connectivity index is 1.07. The fraction of sp³-hybridized carbons (Fsp3) is 0.347. The monoisotopic (exact) mass is 829 g/mol. The number of likely N-dealkylation sites (tertiary alicyclic amines) is 2. The number of imidazole rings is 1. The molecular formula is C49H54F3N7O2. The number of amides is 2. The van der Waals surface area contributed by atoms with Crippen molar-refractivity contribution in [2.45, 2.75) is 69.9 Å². The third kappa shape index (κ3) is 9.40. The molecule has 0 spiro atoms. The molecule has 0 saturated carbocycles. The summed E-state index contributed by atoms with van der Waals surface area (Å²) in [5, 5.41) is 0. The number of hydrogen-bond donors (Lipinski definition) is 1. The van der Waals surface area contributed by atoms with Crippen molar-refractivity contribution in [2.24, 2.45) is 4.99 Å². The van der Waals surface area contributed by atoms with Crippen LogP contribution in [-0.2, 0) is 15.8 Å². The minimum absolute atomic E-state index is 0.00316. The van der Waals surface area contributed by atoms with Crippen LogP contribution in [0.3, 0.4) is 0 Å². The molecule has 0 bridgehead atoms. The Morgan fingerprint density at radius 2 is 1.33 bits per heavy atom. The maximum Gasteiger partial charge on any atom is 0.417 e. The van der Waals surface area contributed by atoms with Crippen LogP contribution in [0, 0.1) is 0 Å². The zero-order valence-corrected chi connectivity index (χ0v) is 35.7. The summed E-state index contributed by atoms with van der Waals surface area (Å²) in [5.74, 6) is 0.703. The summed E-state index contributed by atoms with van der Waals surface area (Å²) in [7, 11) is 7.59. The summed E-state index contributed by atoms with van der Waals surface area (Å²) < 4.78 is 44.1. The maximum atomic E-state index is 14.7. The van der Waals surface area contributed by atoms with Crippen LogP contribution >= 0.6 is 0 Å². The maximum absolute atomic E-state index is 14.7. The fourth-order valence-corrected chi connectivity index (χ4v) is 8.80. The van der Waals surface area contributed by atoms with Crippen LogP contribution in [0.25, 0.3) is 28.0 Å². The van der Waals surface area contributed by atoms with Crippen molar-refractivity contribution in [3.63, 3.8) is 0 Å². The lowest BCUT2D eigenvalue weighted by Gasteiger charge is -2.32. The van der Waals surface area contributed by atoms with Gasteiger partial charge in [0.1, 0.15) is 17.9 Å². The summed E-state index contributed by atoms with van der Waals surface area (Å²) in [6.07, 6.45) is 1.95. The molecule has 61 heavy (non-hydrogen) atoms. The number of likely N-dealkylation sites (N-methyl/N-ethyl adjacent to an activating group) is 2. The number of carbonyl (C=O) groups is 2. The number of aromatic nitrogens is 2. The van der Waals surface area contributed by atoms with E-state index in [-0.39, 0.29) is 29.5 Å². The van der Waals surface area contributed by atoms with Crippen LogP contribution in [0.15, 0.2) is 121 Å². The predicted octanol–water partition coefficient (Wildman–Crippen LogP) is 9.84. The number of halogens is 3. The predicted molar refractivity (Wildman–Crippen MR) is 235 cm³/mol. The second-order valence-corrected chi connectivity index (χ2v) is 16.5. The minimum atomic E-state index is -4.61. The van der Waals surface area contributed by atoms with E-state index in [2.05, 4.69) is 9.97 Å². The molecule has 2 amide bonds. The lowest BCUT2D eigenvalue weighted by molar-refractivity contribution is -0.138. The number of alkyl halides is 3. The molecule has 5 aromatic rings. The SMILES string of the molecule is CC(=N/C=C(\C)c1ccc(-c2ccc(-c3cnc([C@@H]4CCCN4C(=O)[C@@H](c4ccccc4)N(C)C)[nH]3)cc2)c(C(F)(F)F)c1)[C@@H]1CCCN1C(=O)[C@@H](c1ccccc1)N(C)C. The molecule has 1 aromatic heterocycles. The second kappa shape index (κ2) is 18.4. The number of benzene rings is 4. The van der Waals surface area contributed by atoms with Crippen LogP contribution in [0.2, 0.25) is 0 Å². The van der Waals surface area contributed by atoms with E-state index in [0.29, 0.717) is 35.6 Å². The van der Waals surface area contributed by atoms with Gasteiger partial charge in [0.2, 0.25) is 11.8 Å². The first-order valence-electron chi connectivity index (χ1n) is 20.8. The first-order chi connectivity index (χ1) is 29.2. The molecule has 4 aromatic carbocycles. The van der Waals surface area contributed by atoms with Crippen LogP contribution in [0.5, 0.6) is 0 Å². The lowest BCUT2D eigenvalue weighted by Crippen LogP contribution is -2.45. The number of aliphatic imine (C=N–C) groups is 1. The molecule has 318 valence electrons. The topological polar surface area (TPSA) is 88.1 Å². The molecule has 1 N–H and O–H groups in total. The zero-order chi connectivity index (χ0) is 43.4. The Hall–Kier alpha value is -5.85. The quantitative estimate of drug-likeness (QED) is 0.127. The van der Waals surface area contributed by atoms with Crippen molar-refractivity contribution in [1.29, 1.82) is 0 Å². The van der Waals surface area contributed by atoms with Gasteiger partial charge >= 0.3 is 6.18 Å². The Bertz CT molecular complexity index is 2370. The van der Waals surface area contributed by atoms with Crippen molar-refractivity contribution < 1.29 is 22.8 Å². The largest absolute Gasteiger partial charge is 0.417 e. The molecule has 3 heterocycles. The summed E-state index contributed by atoms with van der Waals surface area (Å²) >= 11 is 0. The number of rotatable bonds is 12. The Morgan fingerprint density at radius 3 is 1.92 bits per heavy atom. The summed E-state index contributed by atoms with van der Waals surface area (Å²) in [6.45, 7) is 4.87. The molecule has 4 atom stereocenters. The van der Waals surface area contributed by atoms with Gasteiger partial charge in [0.05, 0.1) is 29.5 Å². The van der Waals surface area contributed by atoms with Crippen LogP contribution in [0.4, 0.5) is 13.2 Å². The zero-order valence-electron chi connectivity index (χ0n) is 35.7. The third-order valence-electron chi connectivity index (χ3n) is 11.9. The number of aromatic amines is 1. The normalized spacial score (nSPS) is 18.6.